The van der Waals surface area contributed by atoms with Crippen LogP contribution >= 0.6 is 72.4 Å². The van der Waals surface area contributed by atoms with Gasteiger partial charge in [0.1, 0.15) is 12.4 Å². The highest BCUT2D eigenvalue weighted by atomic mass is 127. The number of aromatic nitrogens is 1. The van der Waals surface area contributed by atoms with E-state index in [-0.39, 0.29) is 11.6 Å². The number of benzene rings is 4. The molecule has 1 atom stereocenters. The number of hydrogen-bond donors (Lipinski definition) is 0. The largest absolute Gasteiger partial charge is 0.488 e. The summed E-state index contributed by atoms with van der Waals surface area (Å²) >= 11 is 9.64. The van der Waals surface area contributed by atoms with Gasteiger partial charge in [0, 0.05) is 13.6 Å². The first-order valence-corrected chi connectivity index (χ1v) is 17.3. The Labute approximate surface area is 282 Å². The molecule has 2 aliphatic rings. The zero-order valence-corrected chi connectivity index (χ0v) is 28.9. The number of thiazole rings is 1. The molecule has 0 N–H and O–H groups in total. The Kier molecular flexibility index (Phi) is 7.97. The molecule has 0 saturated heterocycles. The average molecular weight is 857 g/mol. The number of rotatable bonds is 5. The van der Waals surface area contributed by atoms with Gasteiger partial charge in [-0.3, -0.25) is 9.36 Å². The van der Waals surface area contributed by atoms with E-state index in [9.17, 15) is 4.79 Å². The molecule has 0 bridgehead atoms. The first-order chi connectivity index (χ1) is 20.4. The van der Waals surface area contributed by atoms with Crippen molar-refractivity contribution < 1.29 is 4.74 Å². The zero-order chi connectivity index (χ0) is 28.8. The molecule has 7 rings (SSSR count). The molecule has 1 aliphatic heterocycles. The van der Waals surface area contributed by atoms with E-state index in [2.05, 4.69) is 116 Å². The number of ether oxygens (including phenoxy) is 1. The number of halogens is 3. The van der Waals surface area contributed by atoms with Gasteiger partial charge >= 0.3 is 0 Å². The molecule has 8 heteroatoms. The van der Waals surface area contributed by atoms with Crippen molar-refractivity contribution in [3.8, 4) is 5.75 Å². The molecule has 1 aromatic heterocycles. The smallest absolute Gasteiger partial charge is 0.271 e. The maximum atomic E-state index is 14.1. The Bertz CT molecular complexity index is 2060. The Balaban J connectivity index is 1.30. The van der Waals surface area contributed by atoms with Crippen LogP contribution in [0.15, 0.2) is 111 Å². The minimum atomic E-state index is -0.184. The number of allylic oxidation sites excluding steroid dienone is 1. The SMILES string of the molecule is O=c1/c(=C\c2cccc(COc3ccc(I)cc3I)c2)sc2n1[C@@H](c1ccc(Br)cc1)C1=C(N=2)c2ccccc2CC1. The zero-order valence-electron chi connectivity index (χ0n) is 22.2. The molecule has 0 spiro atoms. The fraction of sp³-hybridized carbons (Fsp3) is 0.118. The predicted molar refractivity (Wildman–Crippen MR) is 190 cm³/mol. The lowest BCUT2D eigenvalue weighted by Gasteiger charge is -2.30. The third-order valence-corrected chi connectivity index (χ3v) is 10.6. The van der Waals surface area contributed by atoms with E-state index in [0.717, 1.165) is 53.8 Å². The highest BCUT2D eigenvalue weighted by molar-refractivity contribution is 14.1. The summed E-state index contributed by atoms with van der Waals surface area (Å²) in [6.45, 7) is 0.454. The van der Waals surface area contributed by atoms with Crippen molar-refractivity contribution in [2.24, 2.45) is 4.99 Å². The van der Waals surface area contributed by atoms with Crippen LogP contribution in [0.25, 0.3) is 11.8 Å². The lowest BCUT2D eigenvalue weighted by atomic mass is 9.83. The van der Waals surface area contributed by atoms with E-state index in [0.29, 0.717) is 11.1 Å². The molecule has 0 amide bonds. The highest BCUT2D eigenvalue weighted by Gasteiger charge is 2.32. The molecule has 0 radical (unpaired) electrons. The lowest BCUT2D eigenvalue weighted by Crippen LogP contribution is -2.38. The van der Waals surface area contributed by atoms with Crippen LogP contribution in [-0.2, 0) is 13.0 Å². The van der Waals surface area contributed by atoms with Crippen LogP contribution in [0.4, 0.5) is 0 Å². The first kappa shape index (κ1) is 28.2. The topological polar surface area (TPSA) is 43.6 Å². The fourth-order valence-electron chi connectivity index (χ4n) is 5.64. The number of hydrogen-bond acceptors (Lipinski definition) is 4. The first-order valence-electron chi connectivity index (χ1n) is 13.5. The number of nitrogens with zero attached hydrogens (tertiary/aromatic N) is 2. The van der Waals surface area contributed by atoms with E-state index >= 15 is 0 Å². The quantitative estimate of drug-likeness (QED) is 0.169. The molecule has 0 fully saturated rings. The van der Waals surface area contributed by atoms with Gasteiger partial charge in [-0.05, 0) is 128 Å². The molecule has 4 aromatic carbocycles. The van der Waals surface area contributed by atoms with Gasteiger partial charge in [-0.2, -0.15) is 0 Å². The second-order valence-electron chi connectivity index (χ2n) is 10.3. The van der Waals surface area contributed by atoms with E-state index in [1.54, 1.807) is 0 Å². The van der Waals surface area contributed by atoms with Crippen molar-refractivity contribution in [1.29, 1.82) is 0 Å². The van der Waals surface area contributed by atoms with Crippen LogP contribution in [0.3, 0.4) is 0 Å². The van der Waals surface area contributed by atoms with Crippen molar-refractivity contribution in [1.82, 2.24) is 4.57 Å². The highest BCUT2D eigenvalue weighted by Crippen LogP contribution is 2.41. The third-order valence-electron chi connectivity index (χ3n) is 7.60. The van der Waals surface area contributed by atoms with Crippen LogP contribution in [0.5, 0.6) is 5.75 Å². The van der Waals surface area contributed by atoms with Gasteiger partial charge in [-0.25, -0.2) is 4.99 Å². The summed E-state index contributed by atoms with van der Waals surface area (Å²) in [5.41, 5.74) is 7.81. The summed E-state index contributed by atoms with van der Waals surface area (Å²) < 4.78 is 12.0. The molecule has 5 aromatic rings. The summed E-state index contributed by atoms with van der Waals surface area (Å²) in [5.74, 6) is 0.869. The Morgan fingerprint density at radius 2 is 1.81 bits per heavy atom. The maximum Gasteiger partial charge on any atom is 0.271 e. The molecule has 4 nitrogen and oxygen atoms in total. The second-order valence-corrected chi connectivity index (χ2v) is 14.6. The van der Waals surface area contributed by atoms with Gasteiger partial charge in [0.05, 0.1) is 19.8 Å². The van der Waals surface area contributed by atoms with E-state index < -0.39 is 0 Å². The molecular formula is C34H23BrI2N2O2S. The molecule has 0 saturated carbocycles. The van der Waals surface area contributed by atoms with Crippen molar-refractivity contribution in [2.45, 2.75) is 25.5 Å². The van der Waals surface area contributed by atoms with Gasteiger partial charge in [-0.15, -0.1) is 0 Å². The Hall–Kier alpha value is -2.54. The van der Waals surface area contributed by atoms with E-state index in [4.69, 9.17) is 9.73 Å². The number of aryl methyl sites for hydroxylation is 1. The summed E-state index contributed by atoms with van der Waals surface area (Å²) in [7, 11) is 0. The summed E-state index contributed by atoms with van der Waals surface area (Å²) in [6.07, 6.45) is 3.80. The van der Waals surface area contributed by atoms with Gasteiger partial charge in [0.25, 0.3) is 5.56 Å². The van der Waals surface area contributed by atoms with Gasteiger partial charge in [-0.1, -0.05) is 81.9 Å². The minimum Gasteiger partial charge on any atom is -0.488 e. The molecule has 42 heavy (non-hydrogen) atoms. The molecule has 1 aliphatic carbocycles. The molecule has 0 unspecified atom stereocenters. The fourth-order valence-corrected chi connectivity index (χ4v) is 8.67. The Morgan fingerprint density at radius 3 is 2.64 bits per heavy atom. The van der Waals surface area contributed by atoms with Crippen LogP contribution in [-0.4, -0.2) is 4.57 Å². The normalized spacial score (nSPS) is 16.0. The lowest BCUT2D eigenvalue weighted by molar-refractivity contribution is 0.304. The molecular weight excluding hydrogens is 834 g/mol. The second kappa shape index (κ2) is 11.9. The van der Waals surface area contributed by atoms with Crippen molar-refractivity contribution in [2.75, 3.05) is 0 Å². The monoisotopic (exact) mass is 856 g/mol. The summed E-state index contributed by atoms with van der Waals surface area (Å²) in [6, 6.07) is 31.0. The maximum absolute atomic E-state index is 14.1. The van der Waals surface area contributed by atoms with Crippen molar-refractivity contribution in [3.05, 3.63) is 156 Å². The van der Waals surface area contributed by atoms with Gasteiger partial charge in [0.15, 0.2) is 4.80 Å². The van der Waals surface area contributed by atoms with Gasteiger partial charge in [0.2, 0.25) is 0 Å². The van der Waals surface area contributed by atoms with E-state index in [1.807, 2.05) is 47.0 Å². The van der Waals surface area contributed by atoms with Crippen LogP contribution in [0.1, 0.15) is 40.3 Å². The van der Waals surface area contributed by atoms with Crippen LogP contribution in [0.2, 0.25) is 0 Å². The van der Waals surface area contributed by atoms with E-state index in [1.165, 1.54) is 31.6 Å². The molecule has 2 heterocycles. The van der Waals surface area contributed by atoms with Crippen LogP contribution < -0.4 is 19.6 Å². The van der Waals surface area contributed by atoms with Gasteiger partial charge < -0.3 is 4.74 Å². The minimum absolute atomic E-state index is 0.00725. The summed E-state index contributed by atoms with van der Waals surface area (Å²) in [4.78, 5) is 19.9. The van der Waals surface area contributed by atoms with Crippen molar-refractivity contribution in [3.63, 3.8) is 0 Å². The Morgan fingerprint density at radius 1 is 0.976 bits per heavy atom. The average Bonchev–Trinajstić information content (AvgIpc) is 3.30. The summed E-state index contributed by atoms with van der Waals surface area (Å²) in [5, 5.41) is 0. The number of fused-ring (bicyclic) bond motifs is 3. The van der Waals surface area contributed by atoms with Crippen molar-refractivity contribution >= 4 is 84.2 Å². The van der Waals surface area contributed by atoms with Crippen LogP contribution in [0, 0.1) is 7.14 Å². The predicted octanol–water partition coefficient (Wildman–Crippen LogP) is 7.87. The molecule has 208 valence electrons. The standard InChI is InChI=1S/C34H23BrI2N2O2S/c35-24-11-8-23(9-12-24)32-27-14-10-22-6-1-2-7-26(22)31(27)38-34-39(32)33(40)30(42-34)17-20-4-3-5-21(16-20)19-41-29-15-13-25(36)18-28(29)37/h1-9,11-13,15-18,32H,10,14,19H2/b30-17+/t32-/m0/s1. The third kappa shape index (κ3) is 5.46.